The van der Waals surface area contributed by atoms with Crippen LogP contribution in [0.4, 0.5) is 0 Å². The Balaban J connectivity index is 1.83. The van der Waals surface area contributed by atoms with Crippen molar-refractivity contribution in [1.82, 2.24) is 9.55 Å². The maximum Gasteiger partial charge on any atom is 0.351 e. The molecule has 0 atom stereocenters. The molecule has 0 fully saturated rings. The average Bonchev–Trinajstić information content (AvgIpc) is 2.74. The van der Waals surface area contributed by atoms with E-state index in [0.29, 0.717) is 51.5 Å². The van der Waals surface area contributed by atoms with Crippen LogP contribution in [0.5, 0.6) is 23.1 Å². The number of fused-ring (bicyclic) bond motifs is 3. The van der Waals surface area contributed by atoms with Crippen LogP contribution in [0.1, 0.15) is 16.7 Å². The molecule has 2 heterocycles. The topological polar surface area (TPSA) is 62.6 Å². The van der Waals surface area contributed by atoms with Gasteiger partial charge >= 0.3 is 5.69 Å². The van der Waals surface area contributed by atoms with Crippen molar-refractivity contribution < 1.29 is 14.2 Å². The second-order valence-corrected chi connectivity index (χ2v) is 7.83. The zero-order valence-corrected chi connectivity index (χ0v) is 18.5. The van der Waals surface area contributed by atoms with Gasteiger partial charge in [0.25, 0.3) is 0 Å². The summed E-state index contributed by atoms with van der Waals surface area (Å²) in [6.07, 6.45) is 0.686. The molecule has 0 radical (unpaired) electrons. The molecule has 0 unspecified atom stereocenters. The highest BCUT2D eigenvalue weighted by Gasteiger charge is 2.22. The maximum atomic E-state index is 12.7. The highest BCUT2D eigenvalue weighted by Crippen LogP contribution is 2.40. The van der Waals surface area contributed by atoms with E-state index in [1.165, 1.54) is 0 Å². The SMILES string of the molecule is COc1cc2c(cc1OC)-c1cc(Oc3cc(C)c(Cl)c(C)c3Cl)nc(=O)n1CC2. The second-order valence-electron chi connectivity index (χ2n) is 7.07. The first-order valence-corrected chi connectivity index (χ1v) is 10.1. The van der Waals surface area contributed by atoms with Crippen molar-refractivity contribution in [3.8, 4) is 34.4 Å². The van der Waals surface area contributed by atoms with Crippen LogP contribution in [0.2, 0.25) is 10.0 Å². The quantitative estimate of drug-likeness (QED) is 0.550. The predicted molar refractivity (Wildman–Crippen MR) is 117 cm³/mol. The van der Waals surface area contributed by atoms with E-state index in [9.17, 15) is 4.79 Å². The summed E-state index contributed by atoms with van der Waals surface area (Å²) < 4.78 is 18.4. The van der Waals surface area contributed by atoms with Gasteiger partial charge in [-0.3, -0.25) is 4.57 Å². The van der Waals surface area contributed by atoms with E-state index in [2.05, 4.69) is 4.98 Å². The lowest BCUT2D eigenvalue weighted by atomic mass is 9.97. The van der Waals surface area contributed by atoms with Crippen molar-refractivity contribution >= 4 is 23.2 Å². The summed E-state index contributed by atoms with van der Waals surface area (Å²) in [5.41, 5.74) is 3.78. The van der Waals surface area contributed by atoms with Gasteiger partial charge in [-0.25, -0.2) is 4.79 Å². The van der Waals surface area contributed by atoms with Crippen molar-refractivity contribution in [2.45, 2.75) is 26.8 Å². The van der Waals surface area contributed by atoms with Crippen LogP contribution in [0.15, 0.2) is 29.1 Å². The molecule has 4 rings (SSSR count). The first-order valence-electron chi connectivity index (χ1n) is 9.34. The van der Waals surface area contributed by atoms with Gasteiger partial charge in [-0.05, 0) is 55.2 Å². The van der Waals surface area contributed by atoms with E-state index in [0.717, 1.165) is 16.7 Å². The monoisotopic (exact) mass is 446 g/mol. The number of rotatable bonds is 4. The fraction of sp³-hybridized carbons (Fsp3) is 0.273. The molecule has 0 bridgehead atoms. The Morgan fingerprint density at radius 2 is 1.67 bits per heavy atom. The largest absolute Gasteiger partial charge is 0.493 e. The molecule has 0 spiro atoms. The summed E-state index contributed by atoms with van der Waals surface area (Å²) in [6, 6.07) is 7.27. The lowest BCUT2D eigenvalue weighted by Crippen LogP contribution is -2.28. The average molecular weight is 447 g/mol. The number of ether oxygens (including phenoxy) is 3. The van der Waals surface area contributed by atoms with Gasteiger partial charge in [0.1, 0.15) is 5.75 Å². The van der Waals surface area contributed by atoms with E-state index < -0.39 is 0 Å². The number of nitrogens with zero attached hydrogens (tertiary/aromatic N) is 2. The van der Waals surface area contributed by atoms with Gasteiger partial charge in [-0.15, -0.1) is 0 Å². The second kappa shape index (κ2) is 7.85. The Morgan fingerprint density at radius 1 is 0.967 bits per heavy atom. The molecule has 156 valence electrons. The number of aromatic nitrogens is 2. The Kier molecular flexibility index (Phi) is 5.38. The minimum atomic E-state index is -0.388. The molecule has 0 saturated heterocycles. The van der Waals surface area contributed by atoms with Gasteiger partial charge in [0.05, 0.1) is 24.9 Å². The van der Waals surface area contributed by atoms with Crippen molar-refractivity contribution in [1.29, 1.82) is 0 Å². The third-order valence-electron chi connectivity index (χ3n) is 5.26. The molecule has 2 aromatic carbocycles. The number of halogens is 2. The Hall–Kier alpha value is -2.70. The number of aryl methyl sites for hydroxylation is 2. The highest BCUT2D eigenvalue weighted by molar-refractivity contribution is 6.37. The number of hydrogen-bond acceptors (Lipinski definition) is 5. The zero-order chi connectivity index (χ0) is 21.6. The molecule has 0 aliphatic carbocycles. The maximum absolute atomic E-state index is 12.7. The first-order chi connectivity index (χ1) is 14.3. The molecule has 6 nitrogen and oxygen atoms in total. The molecule has 1 aromatic heterocycles. The van der Waals surface area contributed by atoms with E-state index in [-0.39, 0.29) is 11.6 Å². The normalized spacial score (nSPS) is 12.2. The van der Waals surface area contributed by atoms with Gasteiger partial charge in [-0.1, -0.05) is 23.2 Å². The summed E-state index contributed by atoms with van der Waals surface area (Å²) >= 11 is 12.7. The van der Waals surface area contributed by atoms with Crippen molar-refractivity contribution in [2.75, 3.05) is 14.2 Å². The van der Waals surface area contributed by atoms with Crippen molar-refractivity contribution in [2.24, 2.45) is 0 Å². The van der Waals surface area contributed by atoms with Gasteiger partial charge < -0.3 is 14.2 Å². The van der Waals surface area contributed by atoms with Gasteiger partial charge in [0.2, 0.25) is 5.88 Å². The van der Waals surface area contributed by atoms with Gasteiger partial charge in [0.15, 0.2) is 11.5 Å². The van der Waals surface area contributed by atoms with Crippen molar-refractivity contribution in [3.05, 3.63) is 61.5 Å². The van der Waals surface area contributed by atoms with Crippen LogP contribution >= 0.6 is 23.2 Å². The Labute approximate surface area is 183 Å². The third kappa shape index (κ3) is 3.40. The molecule has 1 aliphatic heterocycles. The van der Waals surface area contributed by atoms with Crippen LogP contribution in [-0.4, -0.2) is 23.8 Å². The van der Waals surface area contributed by atoms with Crippen LogP contribution in [-0.2, 0) is 13.0 Å². The van der Waals surface area contributed by atoms with Crippen LogP contribution in [0, 0.1) is 13.8 Å². The fourth-order valence-electron chi connectivity index (χ4n) is 3.66. The van der Waals surface area contributed by atoms with Crippen molar-refractivity contribution in [3.63, 3.8) is 0 Å². The summed E-state index contributed by atoms with van der Waals surface area (Å²) in [5, 5.41) is 0.970. The lowest BCUT2D eigenvalue weighted by Gasteiger charge is -2.23. The van der Waals surface area contributed by atoms with Crippen LogP contribution in [0.25, 0.3) is 11.3 Å². The van der Waals surface area contributed by atoms with Gasteiger partial charge in [-0.2, -0.15) is 4.98 Å². The van der Waals surface area contributed by atoms with Crippen LogP contribution < -0.4 is 19.9 Å². The Morgan fingerprint density at radius 3 is 2.37 bits per heavy atom. The molecule has 30 heavy (non-hydrogen) atoms. The van der Waals surface area contributed by atoms with E-state index in [1.807, 2.05) is 26.0 Å². The van der Waals surface area contributed by atoms with E-state index in [1.54, 1.807) is 30.9 Å². The number of methoxy groups -OCH3 is 2. The fourth-order valence-corrected chi connectivity index (χ4v) is 4.05. The molecule has 8 heteroatoms. The van der Waals surface area contributed by atoms with Gasteiger partial charge in [0, 0.05) is 23.2 Å². The standard InChI is InChI=1S/C22H20Cl2N2O4/c1-11-7-18(21(24)12(2)20(11)23)30-19-10-15-14-9-17(29-4)16(28-3)8-13(14)5-6-26(15)22(27)25-19/h7-10H,5-6H2,1-4H3. The summed E-state index contributed by atoms with van der Waals surface area (Å²) in [6.45, 7) is 4.20. The summed E-state index contributed by atoms with van der Waals surface area (Å²) in [7, 11) is 3.18. The molecule has 0 amide bonds. The molecular formula is C22H20Cl2N2O4. The minimum absolute atomic E-state index is 0.164. The number of hydrogen-bond donors (Lipinski definition) is 0. The molecule has 3 aromatic rings. The molecule has 0 saturated carbocycles. The smallest absolute Gasteiger partial charge is 0.351 e. The van der Waals surface area contributed by atoms with Crippen LogP contribution in [0.3, 0.4) is 0 Å². The Bertz CT molecular complexity index is 1220. The first kappa shape index (κ1) is 20.6. The van der Waals surface area contributed by atoms with E-state index >= 15 is 0 Å². The minimum Gasteiger partial charge on any atom is -0.493 e. The predicted octanol–water partition coefficient (Wildman–Crippen LogP) is 5.20. The summed E-state index contributed by atoms with van der Waals surface area (Å²) in [4.78, 5) is 16.8. The zero-order valence-electron chi connectivity index (χ0n) is 17.0. The molecule has 0 N–H and O–H groups in total. The third-order valence-corrected chi connectivity index (χ3v) is 6.31. The van der Waals surface area contributed by atoms with E-state index in [4.69, 9.17) is 37.4 Å². The molecular weight excluding hydrogens is 427 g/mol. The number of benzene rings is 2. The lowest BCUT2D eigenvalue weighted by molar-refractivity contribution is 0.354. The highest BCUT2D eigenvalue weighted by atomic mass is 35.5. The molecule has 1 aliphatic rings. The summed E-state index contributed by atoms with van der Waals surface area (Å²) in [5.74, 6) is 1.80.